The fourth-order valence-electron chi connectivity index (χ4n) is 2.23. The lowest BCUT2D eigenvalue weighted by atomic mass is 10.2. The van der Waals surface area contributed by atoms with Gasteiger partial charge in [-0.25, -0.2) is 4.68 Å². The highest BCUT2D eigenvalue weighted by atomic mass is 35.5. The third kappa shape index (κ3) is 3.29. The number of hydrogen-bond donors (Lipinski definition) is 0. The predicted octanol–water partition coefficient (Wildman–Crippen LogP) is 2.95. The normalized spacial score (nSPS) is 15.0. The highest BCUT2D eigenvalue weighted by molar-refractivity contribution is 6.34. The fraction of sp³-hybridized carbons (Fsp3) is 0.462. The molecule has 1 aliphatic rings. The molecule has 1 aliphatic carbocycles. The van der Waals surface area contributed by atoms with Gasteiger partial charge < -0.3 is 0 Å². The Bertz CT molecular complexity index is 588. The Labute approximate surface area is 127 Å². The smallest absolute Gasteiger partial charge is 0.165 e. The maximum Gasteiger partial charge on any atom is 0.165 e. The maximum atomic E-state index is 6.01. The number of aromatic nitrogens is 4. The van der Waals surface area contributed by atoms with Crippen LogP contribution in [0.5, 0.6) is 0 Å². The summed E-state index contributed by atoms with van der Waals surface area (Å²) < 4.78 is 1.93. The summed E-state index contributed by atoms with van der Waals surface area (Å²) in [5.74, 6) is 0.906. The van der Waals surface area contributed by atoms with Crippen LogP contribution in [0.2, 0.25) is 10.0 Å². The van der Waals surface area contributed by atoms with E-state index in [-0.39, 0.29) is 0 Å². The van der Waals surface area contributed by atoms with Crippen LogP contribution in [0.4, 0.5) is 0 Å². The molecule has 0 atom stereocenters. The minimum Gasteiger partial charge on any atom is -0.295 e. The van der Waals surface area contributed by atoms with E-state index in [9.17, 15) is 0 Å². The van der Waals surface area contributed by atoms with Crippen LogP contribution < -0.4 is 0 Å². The molecule has 7 heteroatoms. The van der Waals surface area contributed by atoms with E-state index in [0.29, 0.717) is 22.6 Å². The summed E-state index contributed by atoms with van der Waals surface area (Å²) in [5.41, 5.74) is 1.08. The minimum absolute atomic E-state index is 0.494. The Hall–Kier alpha value is -1.17. The first-order valence-electron chi connectivity index (χ1n) is 6.52. The summed E-state index contributed by atoms with van der Waals surface area (Å²) in [6.07, 6.45) is 2.34. The summed E-state index contributed by atoms with van der Waals surface area (Å²) >= 11 is 12.0. The molecule has 106 valence electrons. The summed E-state index contributed by atoms with van der Waals surface area (Å²) in [5, 5.41) is 13.2. The Balaban J connectivity index is 1.66. The predicted molar refractivity (Wildman–Crippen MR) is 77.7 cm³/mol. The van der Waals surface area contributed by atoms with Gasteiger partial charge in [0.25, 0.3) is 0 Å². The summed E-state index contributed by atoms with van der Waals surface area (Å²) in [6.45, 7) is 1.45. The molecule has 2 aromatic rings. The molecule has 0 aliphatic heterocycles. The molecule has 1 saturated carbocycles. The van der Waals surface area contributed by atoms with E-state index in [2.05, 4.69) is 20.4 Å². The average molecular weight is 312 g/mol. The number of rotatable bonds is 5. The molecule has 0 spiro atoms. The van der Waals surface area contributed by atoms with Gasteiger partial charge in [-0.3, -0.25) is 4.90 Å². The second-order valence-corrected chi connectivity index (χ2v) is 6.09. The van der Waals surface area contributed by atoms with Gasteiger partial charge in [0.15, 0.2) is 5.82 Å². The van der Waals surface area contributed by atoms with E-state index in [1.807, 2.05) is 23.9 Å². The third-order valence-electron chi connectivity index (χ3n) is 3.24. The zero-order chi connectivity index (χ0) is 14.1. The second-order valence-electron chi connectivity index (χ2n) is 5.22. The van der Waals surface area contributed by atoms with E-state index >= 15 is 0 Å². The number of hydrogen-bond acceptors (Lipinski definition) is 4. The first kappa shape index (κ1) is 13.8. The molecule has 20 heavy (non-hydrogen) atoms. The van der Waals surface area contributed by atoms with E-state index < -0.39 is 0 Å². The van der Waals surface area contributed by atoms with Gasteiger partial charge in [-0.1, -0.05) is 23.2 Å². The van der Waals surface area contributed by atoms with Crippen molar-refractivity contribution >= 4 is 23.2 Å². The topological polar surface area (TPSA) is 46.8 Å². The van der Waals surface area contributed by atoms with Crippen LogP contribution in [-0.4, -0.2) is 32.2 Å². The largest absolute Gasteiger partial charge is 0.295 e. The highest BCUT2D eigenvalue weighted by Gasteiger charge is 2.27. The molecule has 5 nitrogen and oxygen atoms in total. The zero-order valence-corrected chi connectivity index (χ0v) is 12.6. The molecular formula is C13H15Cl2N5. The van der Waals surface area contributed by atoms with Gasteiger partial charge in [0.2, 0.25) is 0 Å². The summed E-state index contributed by atoms with van der Waals surface area (Å²) in [4.78, 5) is 2.15. The molecule has 3 rings (SSSR count). The first-order chi connectivity index (χ1) is 9.61. The van der Waals surface area contributed by atoms with Crippen molar-refractivity contribution in [1.29, 1.82) is 0 Å². The number of nitrogens with zero attached hydrogens (tertiary/aromatic N) is 5. The van der Waals surface area contributed by atoms with E-state index in [1.165, 1.54) is 12.8 Å². The third-order valence-corrected chi connectivity index (χ3v) is 3.68. The van der Waals surface area contributed by atoms with Crippen molar-refractivity contribution in [2.24, 2.45) is 0 Å². The molecule has 0 radical (unpaired) electrons. The average Bonchev–Trinajstić information content (AvgIpc) is 3.09. The lowest BCUT2D eigenvalue weighted by Gasteiger charge is -2.16. The molecule has 0 saturated heterocycles. The van der Waals surface area contributed by atoms with Crippen LogP contribution in [0.15, 0.2) is 18.2 Å². The van der Waals surface area contributed by atoms with Crippen molar-refractivity contribution in [2.75, 3.05) is 7.05 Å². The zero-order valence-electron chi connectivity index (χ0n) is 11.1. The molecule has 1 aromatic carbocycles. The molecule has 1 fully saturated rings. The number of tetrazole rings is 1. The number of benzene rings is 1. The SMILES string of the molecule is CN(Cc1cc(Cl)cc(Cl)c1)Cc1nnnn1C1CC1. The molecule has 0 amide bonds. The van der Waals surface area contributed by atoms with Crippen LogP contribution in [-0.2, 0) is 13.1 Å². The monoisotopic (exact) mass is 311 g/mol. The van der Waals surface area contributed by atoms with Gasteiger partial charge in [0.05, 0.1) is 12.6 Å². The van der Waals surface area contributed by atoms with Crippen molar-refractivity contribution in [3.8, 4) is 0 Å². The van der Waals surface area contributed by atoms with Crippen LogP contribution >= 0.6 is 23.2 Å². The van der Waals surface area contributed by atoms with Crippen LogP contribution in [0.25, 0.3) is 0 Å². The Morgan fingerprint density at radius 2 is 1.90 bits per heavy atom. The summed E-state index contributed by atoms with van der Waals surface area (Å²) in [7, 11) is 2.03. The molecular weight excluding hydrogens is 297 g/mol. The quantitative estimate of drug-likeness (QED) is 0.851. The first-order valence-corrected chi connectivity index (χ1v) is 7.27. The maximum absolute atomic E-state index is 6.01. The standard InChI is InChI=1S/C13H15Cl2N5/c1-19(7-9-4-10(14)6-11(15)5-9)8-13-16-17-18-20(13)12-2-3-12/h4-6,12H,2-3,7-8H2,1H3. The number of halogens is 2. The van der Waals surface area contributed by atoms with E-state index in [4.69, 9.17) is 23.2 Å². The Kier molecular flexibility index (Phi) is 3.92. The molecule has 0 N–H and O–H groups in total. The van der Waals surface area contributed by atoms with Crippen LogP contribution in [0.3, 0.4) is 0 Å². The fourth-order valence-corrected chi connectivity index (χ4v) is 2.80. The van der Waals surface area contributed by atoms with Gasteiger partial charge >= 0.3 is 0 Å². The van der Waals surface area contributed by atoms with Crippen molar-refractivity contribution in [2.45, 2.75) is 32.0 Å². The van der Waals surface area contributed by atoms with Crippen molar-refractivity contribution in [3.05, 3.63) is 39.6 Å². The molecule has 0 unspecified atom stereocenters. The molecule has 1 aromatic heterocycles. The second kappa shape index (κ2) is 5.68. The highest BCUT2D eigenvalue weighted by Crippen LogP contribution is 2.34. The van der Waals surface area contributed by atoms with Crippen LogP contribution in [0, 0.1) is 0 Å². The molecule has 0 bridgehead atoms. The molecule has 1 heterocycles. The lowest BCUT2D eigenvalue weighted by molar-refractivity contribution is 0.302. The van der Waals surface area contributed by atoms with Gasteiger partial charge in [0, 0.05) is 16.6 Å². The van der Waals surface area contributed by atoms with E-state index in [0.717, 1.165) is 17.9 Å². The Morgan fingerprint density at radius 3 is 2.55 bits per heavy atom. The Morgan fingerprint density at radius 1 is 1.20 bits per heavy atom. The minimum atomic E-state index is 0.494. The van der Waals surface area contributed by atoms with Gasteiger partial charge in [0.1, 0.15) is 0 Å². The summed E-state index contributed by atoms with van der Waals surface area (Å²) in [6, 6.07) is 6.08. The van der Waals surface area contributed by atoms with Gasteiger partial charge in [-0.05, 0) is 54.1 Å². The van der Waals surface area contributed by atoms with Gasteiger partial charge in [-0.15, -0.1) is 5.10 Å². The van der Waals surface area contributed by atoms with Gasteiger partial charge in [-0.2, -0.15) is 0 Å². The van der Waals surface area contributed by atoms with Crippen molar-refractivity contribution in [1.82, 2.24) is 25.1 Å². The van der Waals surface area contributed by atoms with Crippen LogP contribution in [0.1, 0.15) is 30.3 Å². The van der Waals surface area contributed by atoms with E-state index in [1.54, 1.807) is 6.07 Å². The van der Waals surface area contributed by atoms with Crippen molar-refractivity contribution < 1.29 is 0 Å². The lowest BCUT2D eigenvalue weighted by Crippen LogP contribution is -2.20. The van der Waals surface area contributed by atoms with Crippen molar-refractivity contribution in [3.63, 3.8) is 0 Å².